The molecule has 0 aliphatic rings. The fourth-order valence-electron chi connectivity index (χ4n) is 1.12. The maximum Gasteiger partial charge on any atom is 0.231 e. The summed E-state index contributed by atoms with van der Waals surface area (Å²) in [5.74, 6) is -0.180. The second-order valence-corrected chi connectivity index (χ2v) is 4.58. The van der Waals surface area contributed by atoms with Crippen LogP contribution in [0.4, 0.5) is 10.1 Å². The van der Waals surface area contributed by atoms with Crippen molar-refractivity contribution in [1.29, 1.82) is 0 Å². The Labute approximate surface area is 105 Å². The molecule has 1 aromatic carbocycles. The average molecular weight is 260 g/mol. The number of amides is 1. The molecule has 0 saturated heterocycles. The molecule has 0 fully saturated rings. The van der Waals surface area contributed by atoms with Crippen LogP contribution in [0.3, 0.4) is 0 Å². The second-order valence-electron chi connectivity index (χ2n) is 4.32. The van der Waals surface area contributed by atoms with Gasteiger partial charge in [0.2, 0.25) is 5.91 Å². The fraction of sp³-hybridized carbons (Fsp3) is 0.417. The van der Waals surface area contributed by atoms with Gasteiger partial charge in [-0.15, -0.1) is 11.6 Å². The van der Waals surface area contributed by atoms with Crippen molar-refractivity contribution < 1.29 is 13.9 Å². The third kappa shape index (κ3) is 3.33. The maximum atomic E-state index is 13.0. The largest absolute Gasteiger partial charge is 0.494 e. The minimum atomic E-state index is -0.693. The van der Waals surface area contributed by atoms with Crippen molar-refractivity contribution in [3.63, 3.8) is 0 Å². The van der Waals surface area contributed by atoms with Gasteiger partial charge in [0.1, 0.15) is 11.6 Å². The van der Waals surface area contributed by atoms with Crippen molar-refractivity contribution >= 4 is 23.2 Å². The van der Waals surface area contributed by atoms with Crippen molar-refractivity contribution in [2.75, 3.05) is 18.3 Å². The summed E-state index contributed by atoms with van der Waals surface area (Å²) in [4.78, 5) is 11.9. The van der Waals surface area contributed by atoms with E-state index in [9.17, 15) is 9.18 Å². The van der Waals surface area contributed by atoms with E-state index in [0.717, 1.165) is 0 Å². The molecule has 0 spiro atoms. The number of anilines is 1. The smallest absolute Gasteiger partial charge is 0.231 e. The summed E-state index contributed by atoms with van der Waals surface area (Å²) >= 11 is 5.70. The van der Waals surface area contributed by atoms with Gasteiger partial charge in [0.25, 0.3) is 0 Å². The fourth-order valence-corrected chi connectivity index (χ4v) is 1.24. The van der Waals surface area contributed by atoms with Gasteiger partial charge >= 0.3 is 0 Å². The first-order chi connectivity index (χ1) is 7.90. The van der Waals surface area contributed by atoms with Gasteiger partial charge < -0.3 is 10.1 Å². The van der Waals surface area contributed by atoms with E-state index in [1.165, 1.54) is 25.3 Å². The molecule has 1 aromatic rings. The highest BCUT2D eigenvalue weighted by atomic mass is 35.5. The van der Waals surface area contributed by atoms with E-state index in [1.54, 1.807) is 13.8 Å². The standard InChI is InChI=1S/C12H15ClFNO2/c1-12(2,7-13)11(16)15-9-5-4-8(14)6-10(9)17-3/h4-6H,7H2,1-3H3,(H,15,16). The SMILES string of the molecule is COc1cc(F)ccc1NC(=O)C(C)(C)CCl. The van der Waals surface area contributed by atoms with Gasteiger partial charge in [-0.25, -0.2) is 4.39 Å². The van der Waals surface area contributed by atoms with E-state index in [1.807, 2.05) is 0 Å². The van der Waals surface area contributed by atoms with Gasteiger partial charge in [0.15, 0.2) is 0 Å². The van der Waals surface area contributed by atoms with Gasteiger partial charge in [-0.3, -0.25) is 4.79 Å². The Hall–Kier alpha value is -1.29. The Balaban J connectivity index is 2.92. The molecule has 94 valence electrons. The number of hydrogen-bond donors (Lipinski definition) is 1. The summed E-state index contributed by atoms with van der Waals surface area (Å²) in [5.41, 5.74) is -0.266. The number of hydrogen-bond acceptors (Lipinski definition) is 2. The van der Waals surface area contributed by atoms with Crippen LogP contribution in [0.5, 0.6) is 5.75 Å². The van der Waals surface area contributed by atoms with Crippen LogP contribution in [0.2, 0.25) is 0 Å². The molecule has 0 atom stereocenters. The Morgan fingerprint density at radius 1 is 1.53 bits per heavy atom. The molecule has 0 heterocycles. The molecule has 0 bridgehead atoms. The lowest BCUT2D eigenvalue weighted by Crippen LogP contribution is -2.32. The van der Waals surface area contributed by atoms with Crippen LogP contribution in [0, 0.1) is 11.2 Å². The first-order valence-electron chi connectivity index (χ1n) is 5.11. The Morgan fingerprint density at radius 3 is 2.71 bits per heavy atom. The van der Waals surface area contributed by atoms with Crippen LogP contribution in [-0.2, 0) is 4.79 Å². The predicted molar refractivity (Wildman–Crippen MR) is 66.1 cm³/mol. The molecule has 5 heteroatoms. The number of rotatable bonds is 4. The zero-order chi connectivity index (χ0) is 13.1. The normalized spacial score (nSPS) is 11.1. The van der Waals surface area contributed by atoms with Crippen LogP contribution < -0.4 is 10.1 Å². The Kier molecular flexibility index (Phi) is 4.34. The van der Waals surface area contributed by atoms with Crippen molar-refractivity contribution in [2.24, 2.45) is 5.41 Å². The van der Waals surface area contributed by atoms with E-state index >= 15 is 0 Å². The number of nitrogens with one attached hydrogen (secondary N) is 1. The first kappa shape index (κ1) is 13.8. The third-order valence-electron chi connectivity index (χ3n) is 2.36. The molecule has 17 heavy (non-hydrogen) atoms. The Bertz CT molecular complexity index is 421. The lowest BCUT2D eigenvalue weighted by atomic mass is 9.95. The number of methoxy groups -OCH3 is 1. The van der Waals surface area contributed by atoms with Gasteiger partial charge in [0, 0.05) is 11.9 Å². The summed E-state index contributed by atoms with van der Waals surface area (Å²) in [5, 5.41) is 2.66. The lowest BCUT2D eigenvalue weighted by Gasteiger charge is -2.21. The zero-order valence-electron chi connectivity index (χ0n) is 10.0. The molecular weight excluding hydrogens is 245 g/mol. The van der Waals surface area contributed by atoms with Gasteiger partial charge in [-0.1, -0.05) is 0 Å². The average Bonchev–Trinajstić information content (AvgIpc) is 2.31. The third-order valence-corrected chi connectivity index (χ3v) is 3.03. The van der Waals surface area contributed by atoms with Gasteiger partial charge in [-0.2, -0.15) is 0 Å². The number of halogens is 2. The molecule has 0 unspecified atom stereocenters. The molecule has 1 rings (SSSR count). The van der Waals surface area contributed by atoms with Gasteiger partial charge in [-0.05, 0) is 26.0 Å². The van der Waals surface area contributed by atoms with Crippen molar-refractivity contribution in [1.82, 2.24) is 0 Å². The predicted octanol–water partition coefficient (Wildman–Crippen LogP) is 3.04. The number of carbonyl (C=O) groups is 1. The van der Waals surface area contributed by atoms with Crippen molar-refractivity contribution in [2.45, 2.75) is 13.8 Å². The van der Waals surface area contributed by atoms with Crippen molar-refractivity contribution in [3.8, 4) is 5.75 Å². The Morgan fingerprint density at radius 2 is 2.18 bits per heavy atom. The monoisotopic (exact) mass is 259 g/mol. The molecule has 0 aliphatic heterocycles. The minimum Gasteiger partial charge on any atom is -0.494 e. The number of benzene rings is 1. The van der Waals surface area contributed by atoms with E-state index in [-0.39, 0.29) is 17.5 Å². The highest BCUT2D eigenvalue weighted by Gasteiger charge is 2.27. The highest BCUT2D eigenvalue weighted by molar-refractivity contribution is 6.20. The second kappa shape index (κ2) is 5.36. The van der Waals surface area contributed by atoms with E-state index in [0.29, 0.717) is 5.69 Å². The van der Waals surface area contributed by atoms with E-state index in [2.05, 4.69) is 5.32 Å². The van der Waals surface area contributed by atoms with Crippen LogP contribution in [0.15, 0.2) is 18.2 Å². The van der Waals surface area contributed by atoms with E-state index in [4.69, 9.17) is 16.3 Å². The van der Waals surface area contributed by atoms with Crippen LogP contribution in [-0.4, -0.2) is 18.9 Å². The van der Waals surface area contributed by atoms with E-state index < -0.39 is 11.2 Å². The van der Waals surface area contributed by atoms with Crippen molar-refractivity contribution in [3.05, 3.63) is 24.0 Å². The number of ether oxygens (including phenoxy) is 1. The molecule has 1 N–H and O–H groups in total. The quantitative estimate of drug-likeness (QED) is 0.844. The maximum absolute atomic E-state index is 13.0. The molecule has 1 amide bonds. The minimum absolute atomic E-state index is 0.197. The number of alkyl halides is 1. The summed E-state index contributed by atoms with van der Waals surface area (Å²) < 4.78 is 17.9. The summed E-state index contributed by atoms with van der Waals surface area (Å²) in [6.45, 7) is 3.46. The lowest BCUT2D eigenvalue weighted by molar-refractivity contribution is -0.122. The van der Waals surface area contributed by atoms with Gasteiger partial charge in [0.05, 0.1) is 18.2 Å². The molecule has 0 aliphatic carbocycles. The number of carbonyl (C=O) groups excluding carboxylic acids is 1. The molecule has 0 aromatic heterocycles. The summed E-state index contributed by atoms with van der Waals surface area (Å²) in [6, 6.07) is 3.92. The first-order valence-corrected chi connectivity index (χ1v) is 5.65. The van der Waals surface area contributed by atoms with Crippen LogP contribution in [0.25, 0.3) is 0 Å². The zero-order valence-corrected chi connectivity index (χ0v) is 10.8. The van der Waals surface area contributed by atoms with Crippen LogP contribution >= 0.6 is 11.6 Å². The molecule has 3 nitrogen and oxygen atoms in total. The van der Waals surface area contributed by atoms with Crippen LogP contribution in [0.1, 0.15) is 13.8 Å². The summed E-state index contributed by atoms with van der Waals surface area (Å²) in [6.07, 6.45) is 0. The summed E-state index contributed by atoms with van der Waals surface area (Å²) in [7, 11) is 1.41. The molecular formula is C12H15ClFNO2. The highest BCUT2D eigenvalue weighted by Crippen LogP contribution is 2.27. The molecule has 0 saturated carbocycles. The molecule has 0 radical (unpaired) electrons. The topological polar surface area (TPSA) is 38.3 Å².